The SMILES string of the molecule is CC(S)[C@H](O)C(=O)[C@@H](O)[C@H](O)CO. The van der Waals surface area contributed by atoms with Crippen LogP contribution in [-0.4, -0.2) is 56.4 Å². The predicted octanol–water partition coefficient (Wildman–Crippen LogP) is -2.05. The third-order valence-corrected chi connectivity index (χ3v) is 1.87. The molecule has 0 aliphatic rings. The van der Waals surface area contributed by atoms with Crippen molar-refractivity contribution < 1.29 is 25.2 Å². The van der Waals surface area contributed by atoms with E-state index < -0.39 is 36.0 Å². The number of carbonyl (C=O) groups excluding carboxylic acids is 1. The van der Waals surface area contributed by atoms with Crippen LogP contribution in [0.25, 0.3) is 0 Å². The molecule has 4 atom stereocenters. The molecule has 0 aromatic heterocycles. The molecule has 1 unspecified atom stereocenters. The maximum atomic E-state index is 11.1. The van der Waals surface area contributed by atoms with Crippen molar-refractivity contribution in [2.75, 3.05) is 6.61 Å². The molecule has 0 saturated heterocycles. The van der Waals surface area contributed by atoms with Gasteiger partial charge in [-0.3, -0.25) is 4.79 Å². The minimum atomic E-state index is -1.77. The number of carbonyl (C=O) groups is 1. The topological polar surface area (TPSA) is 98.0 Å². The van der Waals surface area contributed by atoms with Crippen LogP contribution in [0.3, 0.4) is 0 Å². The van der Waals surface area contributed by atoms with E-state index in [-0.39, 0.29) is 0 Å². The number of rotatable bonds is 5. The summed E-state index contributed by atoms with van der Waals surface area (Å²) in [5, 5.41) is 34.8. The molecule has 0 rings (SSSR count). The highest BCUT2D eigenvalue weighted by atomic mass is 32.1. The molecular formula is C7H14O5S. The van der Waals surface area contributed by atoms with Crippen LogP contribution in [0.15, 0.2) is 0 Å². The van der Waals surface area contributed by atoms with Gasteiger partial charge in [0.15, 0.2) is 5.78 Å². The largest absolute Gasteiger partial charge is 0.394 e. The summed E-state index contributed by atoms with van der Waals surface area (Å²) >= 11 is 3.80. The molecule has 0 radical (unpaired) electrons. The lowest BCUT2D eigenvalue weighted by Gasteiger charge is -2.19. The minimum absolute atomic E-state index is 0.631. The van der Waals surface area contributed by atoms with Crippen molar-refractivity contribution in [2.24, 2.45) is 0 Å². The highest BCUT2D eigenvalue weighted by Crippen LogP contribution is 2.06. The average molecular weight is 210 g/mol. The number of thiol groups is 1. The summed E-state index contributed by atoms with van der Waals surface area (Å²) in [7, 11) is 0. The summed E-state index contributed by atoms with van der Waals surface area (Å²) in [5.74, 6) is -0.941. The molecule has 0 heterocycles. The highest BCUT2D eigenvalue weighted by Gasteiger charge is 2.30. The van der Waals surface area contributed by atoms with Crippen LogP contribution in [0, 0.1) is 0 Å². The van der Waals surface area contributed by atoms with Gasteiger partial charge in [-0.1, -0.05) is 6.92 Å². The summed E-state index contributed by atoms with van der Waals surface area (Å²) < 4.78 is 0. The monoisotopic (exact) mass is 210 g/mol. The van der Waals surface area contributed by atoms with Crippen LogP contribution < -0.4 is 0 Å². The number of hydrogen-bond donors (Lipinski definition) is 5. The Hall–Kier alpha value is -0.140. The normalized spacial score (nSPS) is 20.5. The summed E-state index contributed by atoms with van der Waals surface area (Å²) in [5.41, 5.74) is 0. The Morgan fingerprint density at radius 3 is 2.08 bits per heavy atom. The summed E-state index contributed by atoms with van der Waals surface area (Å²) in [4.78, 5) is 11.1. The molecule has 6 heteroatoms. The highest BCUT2D eigenvalue weighted by molar-refractivity contribution is 7.81. The standard InChI is InChI=1S/C7H14O5S/c1-3(13)5(10)7(12)6(11)4(9)2-8/h3-6,8-11,13H,2H2,1H3/t3?,4-,5+,6+/m1/s1. The minimum Gasteiger partial charge on any atom is -0.394 e. The van der Waals surface area contributed by atoms with Crippen molar-refractivity contribution in [1.29, 1.82) is 0 Å². The van der Waals surface area contributed by atoms with Crippen molar-refractivity contribution in [3.05, 3.63) is 0 Å². The molecular weight excluding hydrogens is 196 g/mol. The van der Waals surface area contributed by atoms with Gasteiger partial charge in [-0.15, -0.1) is 0 Å². The van der Waals surface area contributed by atoms with Gasteiger partial charge in [0.05, 0.1) is 6.61 Å². The van der Waals surface area contributed by atoms with Gasteiger partial charge < -0.3 is 20.4 Å². The van der Waals surface area contributed by atoms with Crippen molar-refractivity contribution in [2.45, 2.75) is 30.5 Å². The zero-order valence-corrected chi connectivity index (χ0v) is 8.06. The van der Waals surface area contributed by atoms with Gasteiger partial charge in [0.2, 0.25) is 0 Å². The third kappa shape index (κ3) is 3.61. The molecule has 5 nitrogen and oxygen atoms in total. The fraction of sp³-hybridized carbons (Fsp3) is 0.857. The Bertz CT molecular complexity index is 172. The first-order valence-corrected chi connectivity index (χ1v) is 4.30. The Balaban J connectivity index is 4.25. The second kappa shape index (κ2) is 5.56. The maximum Gasteiger partial charge on any atom is 0.193 e. The van der Waals surface area contributed by atoms with E-state index in [0.29, 0.717) is 0 Å². The first kappa shape index (κ1) is 12.9. The molecule has 0 amide bonds. The first-order chi connectivity index (χ1) is 5.91. The van der Waals surface area contributed by atoms with E-state index in [9.17, 15) is 4.79 Å². The van der Waals surface area contributed by atoms with E-state index >= 15 is 0 Å². The van der Waals surface area contributed by atoms with E-state index in [4.69, 9.17) is 20.4 Å². The second-order valence-electron chi connectivity index (χ2n) is 2.78. The van der Waals surface area contributed by atoms with E-state index in [1.165, 1.54) is 6.92 Å². The van der Waals surface area contributed by atoms with Gasteiger partial charge in [0.1, 0.15) is 18.3 Å². The fourth-order valence-electron chi connectivity index (χ4n) is 0.702. The van der Waals surface area contributed by atoms with Crippen LogP contribution in [-0.2, 0) is 4.79 Å². The van der Waals surface area contributed by atoms with Gasteiger partial charge in [0, 0.05) is 5.25 Å². The Morgan fingerprint density at radius 2 is 1.77 bits per heavy atom. The third-order valence-electron chi connectivity index (χ3n) is 1.59. The summed E-state index contributed by atoms with van der Waals surface area (Å²) in [6, 6.07) is 0. The van der Waals surface area contributed by atoms with Crippen molar-refractivity contribution in [3.63, 3.8) is 0 Å². The number of Topliss-reactive ketones (excluding diaryl/α,β-unsaturated/α-hetero) is 1. The number of aliphatic hydroxyl groups is 4. The van der Waals surface area contributed by atoms with Gasteiger partial charge >= 0.3 is 0 Å². The van der Waals surface area contributed by atoms with Gasteiger partial charge in [-0.25, -0.2) is 0 Å². The molecule has 0 fully saturated rings. The zero-order chi connectivity index (χ0) is 10.6. The number of aliphatic hydroxyl groups excluding tert-OH is 4. The van der Waals surface area contributed by atoms with Crippen molar-refractivity contribution >= 4 is 18.4 Å². The molecule has 78 valence electrons. The lowest BCUT2D eigenvalue weighted by Crippen LogP contribution is -2.44. The van der Waals surface area contributed by atoms with Gasteiger partial charge in [-0.05, 0) is 0 Å². The first-order valence-electron chi connectivity index (χ1n) is 3.78. The predicted molar refractivity (Wildman–Crippen MR) is 48.6 cm³/mol. The Labute approximate surface area is 81.4 Å². The molecule has 0 aliphatic carbocycles. The molecule has 0 saturated carbocycles. The van der Waals surface area contributed by atoms with Crippen LogP contribution >= 0.6 is 12.6 Å². The summed E-state index contributed by atoms with van der Waals surface area (Å²) in [6.45, 7) is 0.740. The number of ketones is 1. The molecule has 13 heavy (non-hydrogen) atoms. The van der Waals surface area contributed by atoms with E-state index in [0.717, 1.165) is 0 Å². The zero-order valence-electron chi connectivity index (χ0n) is 7.16. The quantitative estimate of drug-likeness (QED) is 0.336. The lowest BCUT2D eigenvalue weighted by molar-refractivity contribution is -0.142. The van der Waals surface area contributed by atoms with Crippen LogP contribution in [0.5, 0.6) is 0 Å². The Morgan fingerprint density at radius 1 is 1.31 bits per heavy atom. The lowest BCUT2D eigenvalue weighted by atomic mass is 10.0. The van der Waals surface area contributed by atoms with E-state index in [1.54, 1.807) is 0 Å². The average Bonchev–Trinajstić information content (AvgIpc) is 2.12. The molecule has 0 aromatic rings. The van der Waals surface area contributed by atoms with E-state index in [2.05, 4.69) is 12.6 Å². The smallest absolute Gasteiger partial charge is 0.193 e. The van der Waals surface area contributed by atoms with E-state index in [1.807, 2.05) is 0 Å². The second-order valence-corrected chi connectivity index (χ2v) is 3.60. The van der Waals surface area contributed by atoms with Gasteiger partial charge in [0.25, 0.3) is 0 Å². The molecule has 0 spiro atoms. The van der Waals surface area contributed by atoms with Crippen molar-refractivity contribution in [3.8, 4) is 0 Å². The van der Waals surface area contributed by atoms with Crippen LogP contribution in [0.2, 0.25) is 0 Å². The van der Waals surface area contributed by atoms with Gasteiger partial charge in [-0.2, -0.15) is 12.6 Å². The summed E-state index contributed by atoms with van der Waals surface area (Å²) in [6.07, 6.45) is -4.77. The molecule has 0 bridgehead atoms. The molecule has 0 aromatic carbocycles. The van der Waals surface area contributed by atoms with Crippen LogP contribution in [0.1, 0.15) is 6.92 Å². The Kier molecular flexibility index (Phi) is 5.50. The molecule has 0 aliphatic heterocycles. The number of hydrogen-bond acceptors (Lipinski definition) is 6. The van der Waals surface area contributed by atoms with Crippen LogP contribution in [0.4, 0.5) is 0 Å². The maximum absolute atomic E-state index is 11.1. The van der Waals surface area contributed by atoms with Crippen molar-refractivity contribution in [1.82, 2.24) is 0 Å². The fourth-order valence-corrected chi connectivity index (χ4v) is 0.849. The molecule has 4 N–H and O–H groups in total.